The van der Waals surface area contributed by atoms with Crippen LogP contribution in [0.2, 0.25) is 0 Å². The standard InChI is InChI=1S/C15H22N2O3S/c1-19-12-10-17(9-7-14(16)21)15(18)8-11-20-13-5-3-2-4-6-13/h2-6H,7-12H2,1H3,(H2,16,21). The molecule has 0 fully saturated rings. The normalized spacial score (nSPS) is 10.1. The SMILES string of the molecule is COCCN(CCC(N)=S)C(=O)CCOc1ccccc1. The molecular formula is C15H22N2O3S. The van der Waals surface area contributed by atoms with Crippen molar-refractivity contribution in [1.29, 1.82) is 0 Å². The minimum absolute atomic E-state index is 0.0132. The molecule has 5 nitrogen and oxygen atoms in total. The number of amides is 1. The number of carbonyl (C=O) groups is 1. The van der Waals surface area contributed by atoms with Crippen LogP contribution in [0.5, 0.6) is 5.75 Å². The molecule has 0 heterocycles. The van der Waals surface area contributed by atoms with Gasteiger partial charge in [0.25, 0.3) is 0 Å². The van der Waals surface area contributed by atoms with Crippen LogP contribution >= 0.6 is 12.2 Å². The smallest absolute Gasteiger partial charge is 0.226 e. The maximum absolute atomic E-state index is 12.2. The number of hydrogen-bond donors (Lipinski definition) is 1. The first-order valence-electron chi connectivity index (χ1n) is 6.86. The van der Waals surface area contributed by atoms with E-state index in [0.29, 0.717) is 44.1 Å². The zero-order valence-electron chi connectivity index (χ0n) is 12.3. The Bertz CT molecular complexity index is 440. The molecule has 1 amide bonds. The van der Waals surface area contributed by atoms with Crippen LogP contribution in [-0.4, -0.2) is 49.2 Å². The van der Waals surface area contributed by atoms with Gasteiger partial charge in [-0.25, -0.2) is 0 Å². The van der Waals surface area contributed by atoms with Gasteiger partial charge in [0.05, 0.1) is 24.6 Å². The van der Waals surface area contributed by atoms with Gasteiger partial charge in [0.2, 0.25) is 5.91 Å². The van der Waals surface area contributed by atoms with Crippen LogP contribution in [0.1, 0.15) is 12.8 Å². The second kappa shape index (κ2) is 10.1. The largest absolute Gasteiger partial charge is 0.493 e. The van der Waals surface area contributed by atoms with Gasteiger partial charge < -0.3 is 20.1 Å². The van der Waals surface area contributed by atoms with Gasteiger partial charge in [-0.05, 0) is 12.1 Å². The highest BCUT2D eigenvalue weighted by molar-refractivity contribution is 7.80. The third-order valence-electron chi connectivity index (χ3n) is 2.87. The summed E-state index contributed by atoms with van der Waals surface area (Å²) in [5.74, 6) is 0.774. The summed E-state index contributed by atoms with van der Waals surface area (Å²) in [4.78, 5) is 14.3. The lowest BCUT2D eigenvalue weighted by Gasteiger charge is -2.22. The summed E-state index contributed by atoms with van der Waals surface area (Å²) in [6.07, 6.45) is 0.834. The van der Waals surface area contributed by atoms with Crippen LogP contribution in [0.15, 0.2) is 30.3 Å². The van der Waals surface area contributed by atoms with Gasteiger partial charge in [-0.2, -0.15) is 0 Å². The van der Waals surface area contributed by atoms with E-state index in [2.05, 4.69) is 0 Å². The minimum Gasteiger partial charge on any atom is -0.493 e. The van der Waals surface area contributed by atoms with E-state index in [9.17, 15) is 4.79 Å². The van der Waals surface area contributed by atoms with Crippen LogP contribution in [0.3, 0.4) is 0 Å². The molecule has 0 unspecified atom stereocenters. The number of thiocarbonyl (C=S) groups is 1. The summed E-state index contributed by atoms with van der Waals surface area (Å²) in [5.41, 5.74) is 5.48. The van der Waals surface area contributed by atoms with E-state index in [4.69, 9.17) is 27.4 Å². The van der Waals surface area contributed by atoms with Crippen LogP contribution in [-0.2, 0) is 9.53 Å². The molecule has 0 spiro atoms. The van der Waals surface area contributed by atoms with Crippen molar-refractivity contribution in [3.8, 4) is 5.75 Å². The Balaban J connectivity index is 2.38. The maximum Gasteiger partial charge on any atom is 0.226 e. The second-order valence-corrected chi connectivity index (χ2v) is 5.03. The number of methoxy groups -OCH3 is 1. The van der Waals surface area contributed by atoms with E-state index in [1.165, 1.54) is 0 Å². The Morgan fingerprint density at radius 1 is 1.19 bits per heavy atom. The highest BCUT2D eigenvalue weighted by Gasteiger charge is 2.13. The quantitative estimate of drug-likeness (QED) is 0.665. The van der Waals surface area contributed by atoms with E-state index in [1.807, 2.05) is 30.3 Å². The second-order valence-electron chi connectivity index (χ2n) is 4.50. The molecule has 0 saturated heterocycles. The molecule has 6 heteroatoms. The summed E-state index contributed by atoms with van der Waals surface area (Å²) in [6.45, 7) is 1.88. The van der Waals surface area contributed by atoms with Crippen LogP contribution in [0.25, 0.3) is 0 Å². The zero-order chi connectivity index (χ0) is 15.5. The van der Waals surface area contributed by atoms with Crippen molar-refractivity contribution in [3.63, 3.8) is 0 Å². The highest BCUT2D eigenvalue weighted by atomic mass is 32.1. The fourth-order valence-corrected chi connectivity index (χ4v) is 1.83. The van der Waals surface area contributed by atoms with E-state index in [0.717, 1.165) is 5.75 Å². The van der Waals surface area contributed by atoms with E-state index >= 15 is 0 Å². The third kappa shape index (κ3) is 7.63. The Morgan fingerprint density at radius 2 is 1.90 bits per heavy atom. The molecule has 1 rings (SSSR count). The van der Waals surface area contributed by atoms with E-state index in [-0.39, 0.29) is 5.91 Å². The Labute approximate surface area is 131 Å². The molecule has 116 valence electrons. The predicted octanol–water partition coefficient (Wildman–Crippen LogP) is 1.61. The number of benzene rings is 1. The lowest BCUT2D eigenvalue weighted by Crippen LogP contribution is -2.36. The van der Waals surface area contributed by atoms with Crippen LogP contribution in [0, 0.1) is 0 Å². The molecule has 0 aliphatic heterocycles. The maximum atomic E-state index is 12.2. The number of nitrogens with two attached hydrogens (primary N) is 1. The Morgan fingerprint density at radius 3 is 2.52 bits per heavy atom. The van der Waals surface area contributed by atoms with Crippen molar-refractivity contribution in [3.05, 3.63) is 30.3 Å². The van der Waals surface area contributed by atoms with Gasteiger partial charge in [0.1, 0.15) is 5.75 Å². The average Bonchev–Trinajstić information content (AvgIpc) is 2.48. The molecule has 2 N–H and O–H groups in total. The lowest BCUT2D eigenvalue weighted by atomic mass is 10.3. The Kier molecular flexibility index (Phi) is 8.38. The van der Waals surface area contributed by atoms with Crippen molar-refractivity contribution in [1.82, 2.24) is 4.90 Å². The third-order valence-corrected chi connectivity index (χ3v) is 3.08. The first kappa shape index (κ1) is 17.4. The summed E-state index contributed by atoms with van der Waals surface area (Å²) in [6, 6.07) is 9.43. The molecule has 0 aliphatic carbocycles. The monoisotopic (exact) mass is 310 g/mol. The molecule has 0 aromatic heterocycles. The summed E-state index contributed by atoms with van der Waals surface area (Å²) in [7, 11) is 1.61. The molecular weight excluding hydrogens is 288 g/mol. The first-order valence-corrected chi connectivity index (χ1v) is 7.27. The van der Waals surface area contributed by atoms with Gasteiger partial charge >= 0.3 is 0 Å². The van der Waals surface area contributed by atoms with Gasteiger partial charge in [-0.15, -0.1) is 0 Å². The first-order chi connectivity index (χ1) is 10.1. The molecule has 0 aliphatic rings. The topological polar surface area (TPSA) is 64.8 Å². The molecule has 21 heavy (non-hydrogen) atoms. The fraction of sp³-hybridized carbons (Fsp3) is 0.467. The number of rotatable bonds is 10. The van der Waals surface area contributed by atoms with Crippen molar-refractivity contribution in [2.24, 2.45) is 5.73 Å². The fourth-order valence-electron chi connectivity index (χ4n) is 1.74. The number of nitrogens with zero attached hydrogens (tertiary/aromatic N) is 1. The molecule has 0 bridgehead atoms. The van der Waals surface area contributed by atoms with Crippen molar-refractivity contribution >= 4 is 23.1 Å². The van der Waals surface area contributed by atoms with Crippen molar-refractivity contribution in [2.75, 3.05) is 33.4 Å². The molecule has 0 radical (unpaired) electrons. The van der Waals surface area contributed by atoms with Crippen LogP contribution < -0.4 is 10.5 Å². The molecule has 0 saturated carbocycles. The van der Waals surface area contributed by atoms with Gasteiger partial charge in [0.15, 0.2) is 0 Å². The highest BCUT2D eigenvalue weighted by Crippen LogP contribution is 2.09. The van der Waals surface area contributed by atoms with E-state index < -0.39 is 0 Å². The summed E-state index contributed by atoms with van der Waals surface area (Å²) < 4.78 is 10.5. The average molecular weight is 310 g/mol. The molecule has 1 aromatic rings. The van der Waals surface area contributed by atoms with E-state index in [1.54, 1.807) is 12.0 Å². The molecule has 1 aromatic carbocycles. The zero-order valence-corrected chi connectivity index (χ0v) is 13.1. The van der Waals surface area contributed by atoms with Gasteiger partial charge in [0, 0.05) is 26.6 Å². The summed E-state index contributed by atoms with van der Waals surface area (Å²) >= 11 is 4.85. The lowest BCUT2D eigenvalue weighted by molar-refractivity contribution is -0.132. The minimum atomic E-state index is 0.0132. The van der Waals surface area contributed by atoms with Crippen LogP contribution in [0.4, 0.5) is 0 Å². The van der Waals surface area contributed by atoms with Gasteiger partial charge in [-0.3, -0.25) is 4.79 Å². The predicted molar refractivity (Wildman–Crippen MR) is 86.4 cm³/mol. The Hall–Kier alpha value is -1.66. The van der Waals surface area contributed by atoms with Crippen molar-refractivity contribution in [2.45, 2.75) is 12.8 Å². The molecule has 0 atom stereocenters. The van der Waals surface area contributed by atoms with Gasteiger partial charge in [-0.1, -0.05) is 30.4 Å². The van der Waals surface area contributed by atoms with Crippen molar-refractivity contribution < 1.29 is 14.3 Å². The number of hydrogen-bond acceptors (Lipinski definition) is 4. The number of carbonyl (C=O) groups excluding carboxylic acids is 1. The number of para-hydroxylation sites is 1. The summed E-state index contributed by atoms with van der Waals surface area (Å²) in [5, 5.41) is 0. The number of ether oxygens (including phenoxy) is 2.